The summed E-state index contributed by atoms with van der Waals surface area (Å²) in [5.74, 6) is 0.158. The predicted octanol–water partition coefficient (Wildman–Crippen LogP) is 3.43. The minimum absolute atomic E-state index is 0.144. The van der Waals surface area contributed by atoms with E-state index >= 15 is 0 Å². The van der Waals surface area contributed by atoms with E-state index in [1.165, 1.54) is 20.0 Å². The smallest absolute Gasteiger partial charge is 0.311 e. The minimum atomic E-state index is -0.991. The Morgan fingerprint density at radius 2 is 1.96 bits per heavy atom. The summed E-state index contributed by atoms with van der Waals surface area (Å²) in [6.45, 7) is 7.03. The van der Waals surface area contributed by atoms with Crippen molar-refractivity contribution in [2.24, 2.45) is 22.7 Å². The van der Waals surface area contributed by atoms with Crippen LogP contribution in [0.5, 0.6) is 0 Å². The maximum absolute atomic E-state index is 13.4. The molecule has 2 bridgehead atoms. The first-order chi connectivity index (χ1) is 11.3. The van der Waals surface area contributed by atoms with Gasteiger partial charge in [-0.3, -0.25) is 9.00 Å². The van der Waals surface area contributed by atoms with E-state index in [9.17, 15) is 9.00 Å². The number of allylic oxidation sites excluding steroid dienone is 1. The monoisotopic (exact) mass is 354 g/mol. The second-order valence-electron chi connectivity index (χ2n) is 8.40. The van der Waals surface area contributed by atoms with Crippen molar-refractivity contribution in [3.8, 4) is 0 Å². The zero-order valence-corrected chi connectivity index (χ0v) is 16.3. The van der Waals surface area contributed by atoms with Gasteiger partial charge in [-0.25, -0.2) is 0 Å². The van der Waals surface area contributed by atoms with E-state index in [4.69, 9.17) is 9.47 Å². The van der Waals surface area contributed by atoms with Crippen molar-refractivity contribution in [1.82, 2.24) is 0 Å². The topological polar surface area (TPSA) is 52.6 Å². The van der Waals surface area contributed by atoms with E-state index < -0.39 is 10.8 Å². The molecule has 4 nitrogen and oxygen atoms in total. The van der Waals surface area contributed by atoms with E-state index in [-0.39, 0.29) is 34.1 Å². The predicted molar refractivity (Wildman–Crippen MR) is 94.8 cm³/mol. The van der Waals surface area contributed by atoms with Gasteiger partial charge in [-0.2, -0.15) is 0 Å². The summed E-state index contributed by atoms with van der Waals surface area (Å²) < 4.78 is 23.7. The van der Waals surface area contributed by atoms with Crippen molar-refractivity contribution in [2.45, 2.75) is 64.2 Å². The van der Waals surface area contributed by atoms with Crippen LogP contribution in [0.4, 0.5) is 0 Å². The summed E-state index contributed by atoms with van der Waals surface area (Å²) in [5.41, 5.74) is 0.406. The number of methoxy groups -OCH3 is 2. The van der Waals surface area contributed by atoms with Crippen molar-refractivity contribution in [2.75, 3.05) is 14.2 Å². The number of ether oxygens (including phenoxy) is 2. The molecular formula is C19H30O4S. The number of carbonyl (C=O) groups is 1. The first-order valence-corrected chi connectivity index (χ1v) is 10.2. The summed E-state index contributed by atoms with van der Waals surface area (Å²) in [5, 5.41) is 0.227. The average Bonchev–Trinajstić information content (AvgIpc) is 2.92. The Hall–Kier alpha value is -0.680. The van der Waals surface area contributed by atoms with Gasteiger partial charge in [0.05, 0.1) is 29.9 Å². The SMILES string of the molecule is COC(=O)[C@@H]1CCC(S(=O)C2CC3CCC2(C)C3(C)C)=C[C@H]1OC. The van der Waals surface area contributed by atoms with E-state index in [1.807, 2.05) is 6.08 Å². The van der Waals surface area contributed by atoms with Gasteiger partial charge in [0.1, 0.15) is 0 Å². The Morgan fingerprint density at radius 1 is 1.25 bits per heavy atom. The highest BCUT2D eigenvalue weighted by atomic mass is 32.2. The molecule has 6 atom stereocenters. The van der Waals surface area contributed by atoms with Crippen LogP contribution < -0.4 is 0 Å². The van der Waals surface area contributed by atoms with Crippen molar-refractivity contribution in [3.63, 3.8) is 0 Å². The van der Waals surface area contributed by atoms with Crippen LogP contribution in [0.25, 0.3) is 0 Å². The Kier molecular flexibility index (Phi) is 4.71. The molecular weight excluding hydrogens is 324 g/mol. The Labute approximate surface area is 147 Å². The van der Waals surface area contributed by atoms with Gasteiger partial charge >= 0.3 is 5.97 Å². The van der Waals surface area contributed by atoms with Crippen molar-refractivity contribution >= 4 is 16.8 Å². The Bertz CT molecular complexity index is 582. The van der Waals surface area contributed by atoms with Gasteiger partial charge in [-0.1, -0.05) is 20.8 Å². The van der Waals surface area contributed by atoms with E-state index in [2.05, 4.69) is 20.8 Å². The Morgan fingerprint density at radius 3 is 2.46 bits per heavy atom. The average molecular weight is 355 g/mol. The van der Waals surface area contributed by atoms with E-state index in [1.54, 1.807) is 7.11 Å². The quantitative estimate of drug-likeness (QED) is 0.726. The van der Waals surface area contributed by atoms with Gasteiger partial charge in [-0.15, -0.1) is 0 Å². The molecule has 0 radical (unpaired) electrons. The normalized spacial score (nSPS) is 41.8. The zero-order chi connectivity index (χ0) is 17.7. The molecule has 0 saturated heterocycles. The van der Waals surface area contributed by atoms with Crippen molar-refractivity contribution < 1.29 is 18.5 Å². The molecule has 0 aliphatic heterocycles. The number of hydrogen-bond donors (Lipinski definition) is 0. The molecule has 0 aromatic heterocycles. The maximum atomic E-state index is 13.4. The van der Waals surface area contributed by atoms with Crippen LogP contribution >= 0.6 is 0 Å². The number of esters is 1. The molecule has 0 N–H and O–H groups in total. The van der Waals surface area contributed by atoms with Crippen LogP contribution in [0, 0.1) is 22.7 Å². The minimum Gasteiger partial charge on any atom is -0.469 e. The van der Waals surface area contributed by atoms with Crippen LogP contribution in [0.1, 0.15) is 52.9 Å². The molecule has 0 aromatic rings. The first-order valence-electron chi connectivity index (χ1n) is 8.98. The molecule has 2 fully saturated rings. The van der Waals surface area contributed by atoms with Gasteiger partial charge in [-0.05, 0) is 54.9 Å². The van der Waals surface area contributed by atoms with Gasteiger partial charge < -0.3 is 9.47 Å². The molecule has 0 spiro atoms. The second kappa shape index (κ2) is 6.24. The molecule has 3 aliphatic carbocycles. The van der Waals surface area contributed by atoms with Crippen molar-refractivity contribution in [3.05, 3.63) is 11.0 Å². The van der Waals surface area contributed by atoms with Gasteiger partial charge in [0.2, 0.25) is 0 Å². The van der Waals surface area contributed by atoms with Gasteiger partial charge in [0.15, 0.2) is 0 Å². The van der Waals surface area contributed by atoms with Crippen LogP contribution in [0.15, 0.2) is 11.0 Å². The molecule has 5 heteroatoms. The summed E-state index contributed by atoms with van der Waals surface area (Å²) >= 11 is 0. The molecule has 0 aromatic carbocycles. The molecule has 3 rings (SSSR count). The summed E-state index contributed by atoms with van der Waals surface area (Å²) in [6.07, 6.45) is 6.45. The van der Waals surface area contributed by atoms with Gasteiger partial charge in [0, 0.05) is 17.3 Å². The summed E-state index contributed by atoms with van der Waals surface area (Å²) in [6, 6.07) is 0. The highest BCUT2D eigenvalue weighted by Gasteiger charge is 2.63. The largest absolute Gasteiger partial charge is 0.469 e. The fraction of sp³-hybridized carbons (Fsp3) is 0.842. The molecule has 4 unspecified atom stereocenters. The van der Waals surface area contributed by atoms with Crippen LogP contribution in [-0.2, 0) is 25.1 Å². The van der Waals surface area contributed by atoms with E-state index in [0.717, 1.165) is 11.3 Å². The van der Waals surface area contributed by atoms with Gasteiger partial charge in [0.25, 0.3) is 0 Å². The molecule has 136 valence electrons. The lowest BCUT2D eigenvalue weighted by Crippen LogP contribution is -2.39. The zero-order valence-electron chi connectivity index (χ0n) is 15.5. The first kappa shape index (κ1) is 18.1. The van der Waals surface area contributed by atoms with Crippen molar-refractivity contribution in [1.29, 1.82) is 0 Å². The van der Waals surface area contributed by atoms with Crippen LogP contribution in [0.3, 0.4) is 0 Å². The third kappa shape index (κ3) is 2.50. The highest BCUT2D eigenvalue weighted by molar-refractivity contribution is 7.89. The number of rotatable bonds is 4. The fourth-order valence-electron chi connectivity index (χ4n) is 5.28. The number of fused-ring (bicyclic) bond motifs is 2. The maximum Gasteiger partial charge on any atom is 0.311 e. The van der Waals surface area contributed by atoms with Crippen LogP contribution in [0.2, 0.25) is 0 Å². The standard InChI is InChI=1S/C19H30O4S/c1-18(2)12-8-9-19(18,3)16(10-12)24(21)13-6-7-14(17(20)23-5)15(11-13)22-4/h11-12,14-16H,6-10H2,1-5H3/t12?,14-,15-,16?,19?,24?/m1/s1. The molecule has 3 aliphatic rings. The Balaban J connectivity index is 1.82. The highest BCUT2D eigenvalue weighted by Crippen LogP contribution is 2.67. The molecule has 0 amide bonds. The lowest BCUT2D eigenvalue weighted by molar-refractivity contribution is -0.149. The van der Waals surface area contributed by atoms with E-state index in [0.29, 0.717) is 18.8 Å². The lowest BCUT2D eigenvalue weighted by atomic mass is 9.71. The molecule has 2 saturated carbocycles. The molecule has 0 heterocycles. The third-order valence-corrected chi connectivity index (χ3v) is 9.54. The number of carbonyl (C=O) groups excluding carboxylic acids is 1. The summed E-state index contributed by atoms with van der Waals surface area (Å²) in [4.78, 5) is 12.9. The van der Waals surface area contributed by atoms with Crippen LogP contribution in [-0.4, -0.2) is 35.8 Å². The lowest BCUT2D eigenvalue weighted by Gasteiger charge is -2.39. The number of hydrogen-bond acceptors (Lipinski definition) is 4. The molecule has 24 heavy (non-hydrogen) atoms. The fourth-order valence-corrected chi connectivity index (χ4v) is 7.54. The summed E-state index contributed by atoms with van der Waals surface area (Å²) in [7, 11) is 2.02. The third-order valence-electron chi connectivity index (χ3n) is 7.46. The second-order valence-corrected chi connectivity index (χ2v) is 10.1.